The van der Waals surface area contributed by atoms with Crippen LogP contribution in [-0.2, 0) is 24.4 Å². The lowest BCUT2D eigenvalue weighted by molar-refractivity contribution is -0.113. The smallest absolute Gasteiger partial charge is 0.234 e. The van der Waals surface area contributed by atoms with E-state index in [0.29, 0.717) is 17.5 Å². The molecule has 6 nitrogen and oxygen atoms in total. The van der Waals surface area contributed by atoms with Crippen molar-refractivity contribution in [3.8, 4) is 5.75 Å². The van der Waals surface area contributed by atoms with Crippen molar-refractivity contribution in [3.05, 3.63) is 76.0 Å². The standard InChI is InChI=1S/C24H27BrN4O2S/c1-5-13-29-22(14-31-19-9-7-18(6-2)8-10-19)27-28-24(29)32-15-23(30)26-21-12-11-20(25)16(3)17(21)4/h5,7-12H,1,6,13-15H2,2-4H3,(H,26,30). The Hall–Kier alpha value is -2.58. The summed E-state index contributed by atoms with van der Waals surface area (Å²) < 4.78 is 8.82. The average Bonchev–Trinajstić information content (AvgIpc) is 3.18. The number of rotatable bonds is 10. The Morgan fingerprint density at radius 2 is 1.94 bits per heavy atom. The van der Waals surface area contributed by atoms with Gasteiger partial charge in [-0.2, -0.15) is 0 Å². The van der Waals surface area contributed by atoms with Crippen LogP contribution in [0.1, 0.15) is 29.4 Å². The number of aromatic nitrogens is 3. The van der Waals surface area contributed by atoms with E-state index in [4.69, 9.17) is 4.74 Å². The molecule has 168 valence electrons. The Morgan fingerprint density at radius 3 is 2.62 bits per heavy atom. The summed E-state index contributed by atoms with van der Waals surface area (Å²) in [6.07, 6.45) is 2.77. The molecule has 0 radical (unpaired) electrons. The number of carbonyl (C=O) groups is 1. The fourth-order valence-electron chi connectivity index (χ4n) is 3.05. The minimum Gasteiger partial charge on any atom is -0.486 e. The van der Waals surface area contributed by atoms with Crippen molar-refractivity contribution in [2.45, 2.75) is 45.5 Å². The van der Waals surface area contributed by atoms with Crippen LogP contribution in [0.25, 0.3) is 0 Å². The van der Waals surface area contributed by atoms with E-state index in [1.54, 1.807) is 6.08 Å². The molecule has 0 unspecified atom stereocenters. The molecule has 1 heterocycles. The van der Waals surface area contributed by atoms with Crippen molar-refractivity contribution in [2.24, 2.45) is 0 Å². The van der Waals surface area contributed by atoms with Gasteiger partial charge in [0.15, 0.2) is 11.0 Å². The van der Waals surface area contributed by atoms with Gasteiger partial charge in [0, 0.05) is 16.7 Å². The monoisotopic (exact) mass is 514 g/mol. The van der Waals surface area contributed by atoms with E-state index in [2.05, 4.69) is 57.1 Å². The Morgan fingerprint density at radius 1 is 1.19 bits per heavy atom. The van der Waals surface area contributed by atoms with Gasteiger partial charge in [0.05, 0.1) is 5.75 Å². The molecule has 1 aromatic heterocycles. The third-order valence-electron chi connectivity index (χ3n) is 5.13. The summed E-state index contributed by atoms with van der Waals surface area (Å²) >= 11 is 4.85. The lowest BCUT2D eigenvalue weighted by Gasteiger charge is -2.12. The summed E-state index contributed by atoms with van der Waals surface area (Å²) in [5.41, 5.74) is 4.22. The first-order valence-corrected chi connectivity index (χ1v) is 12.1. The summed E-state index contributed by atoms with van der Waals surface area (Å²) in [5, 5.41) is 12.2. The number of allylic oxidation sites excluding steroid dienone is 1. The number of carbonyl (C=O) groups excluding carboxylic acids is 1. The van der Waals surface area contributed by atoms with E-state index in [1.165, 1.54) is 17.3 Å². The van der Waals surface area contributed by atoms with Crippen LogP contribution in [0.15, 0.2) is 58.7 Å². The minimum atomic E-state index is -0.0956. The van der Waals surface area contributed by atoms with Crippen LogP contribution in [-0.4, -0.2) is 26.4 Å². The van der Waals surface area contributed by atoms with E-state index >= 15 is 0 Å². The van der Waals surface area contributed by atoms with Gasteiger partial charge in [0.1, 0.15) is 12.4 Å². The highest BCUT2D eigenvalue weighted by atomic mass is 79.9. The zero-order valence-corrected chi connectivity index (χ0v) is 20.9. The molecular weight excluding hydrogens is 488 g/mol. The quantitative estimate of drug-likeness (QED) is 0.277. The highest BCUT2D eigenvalue weighted by molar-refractivity contribution is 9.10. The van der Waals surface area contributed by atoms with Crippen molar-refractivity contribution >= 4 is 39.3 Å². The first-order valence-electron chi connectivity index (χ1n) is 10.4. The number of benzene rings is 2. The molecule has 0 saturated carbocycles. The summed E-state index contributed by atoms with van der Waals surface area (Å²) in [6.45, 7) is 10.8. The number of amides is 1. The van der Waals surface area contributed by atoms with Crippen LogP contribution >= 0.6 is 27.7 Å². The van der Waals surface area contributed by atoms with Crippen molar-refractivity contribution in [3.63, 3.8) is 0 Å². The molecule has 2 aromatic carbocycles. The molecule has 0 aliphatic heterocycles. The van der Waals surface area contributed by atoms with Crippen LogP contribution in [0.3, 0.4) is 0 Å². The van der Waals surface area contributed by atoms with Gasteiger partial charge in [-0.1, -0.05) is 52.8 Å². The third kappa shape index (κ3) is 6.01. The third-order valence-corrected chi connectivity index (χ3v) is 6.96. The van der Waals surface area contributed by atoms with E-state index in [1.807, 2.05) is 42.7 Å². The van der Waals surface area contributed by atoms with Gasteiger partial charge < -0.3 is 10.1 Å². The summed E-state index contributed by atoms with van der Waals surface area (Å²) in [4.78, 5) is 12.5. The number of nitrogens with zero attached hydrogens (tertiary/aromatic N) is 3. The predicted octanol–water partition coefficient (Wildman–Crippen LogP) is 5.72. The number of nitrogens with one attached hydrogen (secondary N) is 1. The molecular formula is C24H27BrN4O2S. The fourth-order valence-corrected chi connectivity index (χ4v) is 4.25. The molecule has 0 saturated heterocycles. The van der Waals surface area contributed by atoms with E-state index < -0.39 is 0 Å². The predicted molar refractivity (Wildman–Crippen MR) is 133 cm³/mol. The molecule has 0 atom stereocenters. The normalized spacial score (nSPS) is 10.8. The Labute approximate surface area is 201 Å². The number of halogens is 1. The molecule has 8 heteroatoms. The first kappa shape index (κ1) is 24.1. The SMILES string of the molecule is C=CCn1c(COc2ccc(CC)cc2)nnc1SCC(=O)Nc1ccc(Br)c(C)c1C. The largest absolute Gasteiger partial charge is 0.486 e. The van der Waals surface area contributed by atoms with Gasteiger partial charge in [-0.05, 0) is 61.2 Å². The second-order valence-electron chi connectivity index (χ2n) is 7.27. The van der Waals surface area contributed by atoms with Crippen LogP contribution < -0.4 is 10.1 Å². The van der Waals surface area contributed by atoms with Crippen molar-refractivity contribution in [1.29, 1.82) is 0 Å². The number of hydrogen-bond acceptors (Lipinski definition) is 5. The van der Waals surface area contributed by atoms with Gasteiger partial charge >= 0.3 is 0 Å². The van der Waals surface area contributed by atoms with E-state index in [0.717, 1.165) is 33.5 Å². The molecule has 3 rings (SSSR count). The lowest BCUT2D eigenvalue weighted by Crippen LogP contribution is -2.16. The maximum atomic E-state index is 12.5. The van der Waals surface area contributed by atoms with Gasteiger partial charge in [-0.25, -0.2) is 0 Å². The number of aryl methyl sites for hydroxylation is 1. The van der Waals surface area contributed by atoms with Crippen molar-refractivity contribution < 1.29 is 9.53 Å². The van der Waals surface area contributed by atoms with Crippen molar-refractivity contribution in [2.75, 3.05) is 11.1 Å². The summed E-state index contributed by atoms with van der Waals surface area (Å²) in [7, 11) is 0. The van der Waals surface area contributed by atoms with Crippen LogP contribution in [0.2, 0.25) is 0 Å². The first-order chi connectivity index (χ1) is 15.4. The molecule has 0 aliphatic carbocycles. The molecule has 0 bridgehead atoms. The van der Waals surface area contributed by atoms with Crippen LogP contribution in [0, 0.1) is 13.8 Å². The molecule has 0 spiro atoms. The van der Waals surface area contributed by atoms with Crippen LogP contribution in [0.5, 0.6) is 5.75 Å². The second-order valence-corrected chi connectivity index (χ2v) is 9.06. The Kier molecular flexibility index (Phi) is 8.53. The summed E-state index contributed by atoms with van der Waals surface area (Å²) in [6, 6.07) is 11.9. The summed E-state index contributed by atoms with van der Waals surface area (Å²) in [5.74, 6) is 1.60. The molecule has 0 aliphatic rings. The minimum absolute atomic E-state index is 0.0956. The topological polar surface area (TPSA) is 69.0 Å². The highest BCUT2D eigenvalue weighted by Gasteiger charge is 2.15. The number of anilines is 1. The van der Waals surface area contributed by atoms with Gasteiger partial charge in [-0.15, -0.1) is 16.8 Å². The maximum absolute atomic E-state index is 12.5. The fraction of sp³-hybridized carbons (Fsp3) is 0.292. The number of thioether (sulfide) groups is 1. The van der Waals surface area contributed by atoms with E-state index in [9.17, 15) is 4.79 Å². The van der Waals surface area contributed by atoms with Crippen molar-refractivity contribution in [1.82, 2.24) is 14.8 Å². The van der Waals surface area contributed by atoms with Gasteiger partial charge in [0.25, 0.3) is 0 Å². The average molecular weight is 515 g/mol. The molecule has 3 aromatic rings. The Balaban J connectivity index is 1.62. The number of hydrogen-bond donors (Lipinski definition) is 1. The van der Waals surface area contributed by atoms with Gasteiger partial charge in [0.2, 0.25) is 5.91 Å². The highest BCUT2D eigenvalue weighted by Crippen LogP contribution is 2.26. The molecule has 1 amide bonds. The zero-order chi connectivity index (χ0) is 23.1. The van der Waals surface area contributed by atoms with E-state index in [-0.39, 0.29) is 18.3 Å². The maximum Gasteiger partial charge on any atom is 0.234 e. The Bertz CT molecular complexity index is 1100. The second kappa shape index (κ2) is 11.3. The number of ether oxygens (including phenoxy) is 1. The van der Waals surface area contributed by atoms with Gasteiger partial charge in [-0.3, -0.25) is 9.36 Å². The molecule has 0 fully saturated rings. The zero-order valence-electron chi connectivity index (χ0n) is 18.5. The molecule has 1 N–H and O–H groups in total. The molecule has 32 heavy (non-hydrogen) atoms. The van der Waals surface area contributed by atoms with Crippen LogP contribution in [0.4, 0.5) is 5.69 Å². The lowest BCUT2D eigenvalue weighted by atomic mass is 10.1.